The summed E-state index contributed by atoms with van der Waals surface area (Å²) in [6.45, 7) is 0. The van der Waals surface area contributed by atoms with E-state index in [1.165, 1.54) is 30.3 Å². The highest BCUT2D eigenvalue weighted by Crippen LogP contribution is 2.31. The topological polar surface area (TPSA) is 78.4 Å². The van der Waals surface area contributed by atoms with Crippen LogP contribution in [-0.2, 0) is 17.4 Å². The molecule has 0 saturated heterocycles. The fourth-order valence-electron chi connectivity index (χ4n) is 2.02. The monoisotopic (exact) mass is 338 g/mol. The number of carbonyl (C=O) groups is 2. The third-order valence-electron chi connectivity index (χ3n) is 3.07. The predicted octanol–water partition coefficient (Wildman–Crippen LogP) is 2.41. The molecule has 24 heavy (non-hydrogen) atoms. The van der Waals surface area contributed by atoms with Crippen molar-refractivity contribution in [1.82, 2.24) is 10.9 Å². The molecule has 0 aromatic heterocycles. The quantitative estimate of drug-likeness (QED) is 0.752. The summed E-state index contributed by atoms with van der Waals surface area (Å²) in [7, 11) is 0. The first-order valence-electron chi connectivity index (χ1n) is 6.80. The third-order valence-corrected chi connectivity index (χ3v) is 3.07. The maximum absolute atomic E-state index is 12.8. The largest absolute Gasteiger partial charge is 0.508 e. The van der Waals surface area contributed by atoms with Crippen molar-refractivity contribution >= 4 is 11.8 Å². The van der Waals surface area contributed by atoms with Crippen molar-refractivity contribution in [2.24, 2.45) is 0 Å². The number of phenols is 1. The van der Waals surface area contributed by atoms with Gasteiger partial charge in [-0.25, -0.2) is 0 Å². The van der Waals surface area contributed by atoms with Gasteiger partial charge in [-0.1, -0.05) is 24.3 Å². The number of aromatic hydroxyl groups is 1. The number of hydrazine groups is 1. The zero-order chi connectivity index (χ0) is 17.7. The van der Waals surface area contributed by atoms with Gasteiger partial charge in [0.05, 0.1) is 17.5 Å². The second kappa shape index (κ2) is 7.03. The van der Waals surface area contributed by atoms with Crippen molar-refractivity contribution in [3.05, 3.63) is 65.2 Å². The Morgan fingerprint density at radius 2 is 1.71 bits per heavy atom. The van der Waals surface area contributed by atoms with Crippen molar-refractivity contribution in [2.75, 3.05) is 0 Å². The molecule has 2 rings (SSSR count). The minimum absolute atomic E-state index is 0.0246. The number of phenolic OH excluding ortho intramolecular Hbond substituents is 1. The van der Waals surface area contributed by atoms with E-state index < -0.39 is 29.1 Å². The molecule has 0 aliphatic heterocycles. The summed E-state index contributed by atoms with van der Waals surface area (Å²) in [6.07, 6.45) is -4.84. The molecule has 0 heterocycles. The molecule has 0 saturated carbocycles. The molecular weight excluding hydrogens is 325 g/mol. The van der Waals surface area contributed by atoms with E-state index in [0.717, 1.165) is 12.1 Å². The van der Waals surface area contributed by atoms with Gasteiger partial charge in [0.25, 0.3) is 5.91 Å². The van der Waals surface area contributed by atoms with Crippen molar-refractivity contribution in [2.45, 2.75) is 12.6 Å². The fraction of sp³-hybridized carbons (Fsp3) is 0.125. The number of benzene rings is 2. The summed E-state index contributed by atoms with van der Waals surface area (Å²) < 4.78 is 38.5. The smallest absolute Gasteiger partial charge is 0.417 e. The van der Waals surface area contributed by atoms with E-state index in [-0.39, 0.29) is 12.2 Å². The number of amides is 2. The Morgan fingerprint density at radius 3 is 2.38 bits per heavy atom. The van der Waals surface area contributed by atoms with Gasteiger partial charge >= 0.3 is 6.18 Å². The molecule has 0 radical (unpaired) electrons. The van der Waals surface area contributed by atoms with Gasteiger partial charge in [-0.2, -0.15) is 13.2 Å². The number of nitrogens with one attached hydrogen (secondary N) is 2. The minimum atomic E-state index is -4.68. The van der Waals surface area contributed by atoms with Crippen LogP contribution in [0.15, 0.2) is 48.5 Å². The highest BCUT2D eigenvalue weighted by atomic mass is 19.4. The van der Waals surface area contributed by atoms with Crippen molar-refractivity contribution in [3.8, 4) is 5.75 Å². The summed E-state index contributed by atoms with van der Waals surface area (Å²) in [5, 5.41) is 9.29. The molecular formula is C16H13F3N2O3. The average molecular weight is 338 g/mol. The maximum Gasteiger partial charge on any atom is 0.417 e. The Kier molecular flexibility index (Phi) is 5.08. The van der Waals surface area contributed by atoms with Gasteiger partial charge in [0.2, 0.25) is 5.91 Å². The van der Waals surface area contributed by atoms with Crippen LogP contribution in [0.5, 0.6) is 5.75 Å². The highest BCUT2D eigenvalue weighted by Gasteiger charge is 2.34. The fourth-order valence-corrected chi connectivity index (χ4v) is 2.02. The first-order valence-corrected chi connectivity index (χ1v) is 6.80. The number of rotatable bonds is 3. The number of hydrogen-bond acceptors (Lipinski definition) is 3. The van der Waals surface area contributed by atoms with Gasteiger partial charge in [0, 0.05) is 0 Å². The molecule has 0 unspecified atom stereocenters. The summed E-state index contributed by atoms with van der Waals surface area (Å²) in [5.74, 6) is -1.74. The molecule has 0 bridgehead atoms. The molecule has 0 aliphatic carbocycles. The minimum Gasteiger partial charge on any atom is -0.508 e. The normalized spacial score (nSPS) is 11.0. The van der Waals surface area contributed by atoms with Gasteiger partial charge in [0.15, 0.2) is 0 Å². The van der Waals surface area contributed by atoms with E-state index in [1.807, 2.05) is 10.9 Å². The van der Waals surface area contributed by atoms with E-state index in [2.05, 4.69) is 0 Å². The molecule has 0 atom stereocenters. The van der Waals surface area contributed by atoms with Gasteiger partial charge in [-0.3, -0.25) is 20.4 Å². The molecule has 0 aliphatic rings. The van der Waals surface area contributed by atoms with E-state index in [0.29, 0.717) is 5.56 Å². The number of hydrogen-bond donors (Lipinski definition) is 3. The van der Waals surface area contributed by atoms with Crippen LogP contribution < -0.4 is 10.9 Å². The predicted molar refractivity (Wildman–Crippen MR) is 78.9 cm³/mol. The maximum atomic E-state index is 12.8. The van der Waals surface area contributed by atoms with Crippen molar-refractivity contribution in [3.63, 3.8) is 0 Å². The first kappa shape index (κ1) is 17.3. The Hall–Kier alpha value is -3.03. The van der Waals surface area contributed by atoms with E-state index in [4.69, 9.17) is 0 Å². The van der Waals surface area contributed by atoms with Crippen molar-refractivity contribution in [1.29, 1.82) is 0 Å². The molecule has 2 aromatic rings. The summed E-state index contributed by atoms with van der Waals surface area (Å²) in [4.78, 5) is 23.6. The van der Waals surface area contributed by atoms with Crippen LogP contribution in [-0.4, -0.2) is 16.9 Å². The Morgan fingerprint density at radius 1 is 1.00 bits per heavy atom. The van der Waals surface area contributed by atoms with Crippen LogP contribution >= 0.6 is 0 Å². The lowest BCUT2D eigenvalue weighted by Crippen LogP contribution is -2.43. The van der Waals surface area contributed by atoms with Crippen LogP contribution in [0.25, 0.3) is 0 Å². The molecule has 2 aromatic carbocycles. The van der Waals surface area contributed by atoms with E-state index in [9.17, 15) is 27.9 Å². The zero-order valence-electron chi connectivity index (χ0n) is 12.2. The molecule has 0 fully saturated rings. The number of alkyl halides is 3. The second-order valence-corrected chi connectivity index (χ2v) is 4.89. The molecule has 2 amide bonds. The third kappa shape index (κ3) is 4.48. The van der Waals surface area contributed by atoms with E-state index >= 15 is 0 Å². The Bertz CT molecular complexity index is 760. The van der Waals surface area contributed by atoms with E-state index in [1.54, 1.807) is 6.07 Å². The average Bonchev–Trinajstić information content (AvgIpc) is 2.52. The van der Waals surface area contributed by atoms with Gasteiger partial charge in [-0.05, 0) is 29.8 Å². The molecule has 0 spiro atoms. The number of halogens is 3. The van der Waals surface area contributed by atoms with Gasteiger partial charge < -0.3 is 5.11 Å². The zero-order valence-corrected chi connectivity index (χ0v) is 12.2. The lowest BCUT2D eigenvalue weighted by Gasteiger charge is -2.13. The number of carbonyl (C=O) groups excluding carboxylic acids is 2. The van der Waals surface area contributed by atoms with Gasteiger partial charge in [0.1, 0.15) is 5.75 Å². The van der Waals surface area contributed by atoms with Crippen LogP contribution in [0, 0.1) is 0 Å². The standard InChI is InChI=1S/C16H13F3N2O3/c17-16(18,19)13-7-2-1-6-12(13)15(24)21-20-14(23)9-10-4-3-5-11(22)8-10/h1-8,22H,9H2,(H,20,23)(H,21,24). The first-order chi connectivity index (χ1) is 11.3. The van der Waals surface area contributed by atoms with Crippen LogP contribution in [0.2, 0.25) is 0 Å². The summed E-state index contributed by atoms with van der Waals surface area (Å²) >= 11 is 0. The Balaban J connectivity index is 2.00. The van der Waals surface area contributed by atoms with Crippen LogP contribution in [0.3, 0.4) is 0 Å². The summed E-state index contributed by atoms with van der Waals surface area (Å²) in [6, 6.07) is 10.2. The SMILES string of the molecule is O=C(Cc1cccc(O)c1)NNC(=O)c1ccccc1C(F)(F)F. The summed E-state index contributed by atoms with van der Waals surface area (Å²) in [5.41, 5.74) is 2.78. The molecule has 126 valence electrons. The molecule has 3 N–H and O–H groups in total. The molecule has 8 heteroatoms. The second-order valence-electron chi connectivity index (χ2n) is 4.89. The van der Waals surface area contributed by atoms with Gasteiger partial charge in [-0.15, -0.1) is 0 Å². The Labute approximate surface area is 135 Å². The van der Waals surface area contributed by atoms with Crippen molar-refractivity contribution < 1.29 is 27.9 Å². The lowest BCUT2D eigenvalue weighted by molar-refractivity contribution is -0.137. The van der Waals surface area contributed by atoms with Crippen LogP contribution in [0.1, 0.15) is 21.5 Å². The lowest BCUT2D eigenvalue weighted by atomic mass is 10.1. The molecule has 5 nitrogen and oxygen atoms in total. The van der Waals surface area contributed by atoms with Crippen LogP contribution in [0.4, 0.5) is 13.2 Å². The highest BCUT2D eigenvalue weighted by molar-refractivity contribution is 5.97.